The maximum Gasteiger partial charge on any atom is 0.0142 e. The zero-order valence-electron chi connectivity index (χ0n) is 29.2. The smallest absolute Gasteiger partial charge is 0.0142 e. The van der Waals surface area contributed by atoms with E-state index in [1.165, 1.54) is 77.9 Å². The van der Waals surface area contributed by atoms with Gasteiger partial charge in [0.2, 0.25) is 0 Å². The van der Waals surface area contributed by atoms with Gasteiger partial charge in [0.25, 0.3) is 0 Å². The summed E-state index contributed by atoms with van der Waals surface area (Å²) in [6.45, 7) is 0. The minimum Gasteiger partial charge on any atom is -0.0622 e. The summed E-state index contributed by atoms with van der Waals surface area (Å²) in [6.07, 6.45) is 1.94. The Bertz CT molecular complexity index is 2270. The fourth-order valence-electron chi connectivity index (χ4n) is 8.12. The Balaban J connectivity index is 0.951. The monoisotopic (exact) mass is 664 g/mol. The lowest BCUT2D eigenvalue weighted by Crippen LogP contribution is -2.05. The average Bonchev–Trinajstić information content (AvgIpc) is 3.54. The van der Waals surface area contributed by atoms with Gasteiger partial charge >= 0.3 is 0 Å². The van der Waals surface area contributed by atoms with E-state index in [2.05, 4.69) is 206 Å². The molecule has 0 aromatic heterocycles. The van der Waals surface area contributed by atoms with Gasteiger partial charge in [0.15, 0.2) is 0 Å². The highest BCUT2D eigenvalue weighted by Crippen LogP contribution is 2.46. The predicted octanol–water partition coefficient (Wildman–Crippen LogP) is 13.4. The third kappa shape index (κ3) is 6.41. The molecule has 0 saturated heterocycles. The van der Waals surface area contributed by atoms with E-state index in [0.29, 0.717) is 5.92 Å². The third-order valence-corrected chi connectivity index (χ3v) is 10.9. The molecule has 1 aliphatic rings. The predicted molar refractivity (Wildman–Crippen MR) is 219 cm³/mol. The molecule has 0 saturated carbocycles. The summed E-state index contributed by atoms with van der Waals surface area (Å²) in [5, 5.41) is 0. The van der Waals surface area contributed by atoms with Crippen LogP contribution in [0.4, 0.5) is 0 Å². The van der Waals surface area contributed by atoms with Crippen LogP contribution >= 0.6 is 0 Å². The first-order valence-electron chi connectivity index (χ1n) is 18.4. The minimum absolute atomic E-state index is 0.241. The van der Waals surface area contributed by atoms with Crippen molar-refractivity contribution in [3.63, 3.8) is 0 Å². The Hall–Kier alpha value is -6.24. The summed E-state index contributed by atoms with van der Waals surface area (Å²) < 4.78 is 0. The Morgan fingerprint density at radius 1 is 0.308 bits per heavy atom. The van der Waals surface area contributed by atoms with Gasteiger partial charge in [0.05, 0.1) is 0 Å². The maximum absolute atomic E-state index is 2.32. The lowest BCUT2D eigenvalue weighted by molar-refractivity contribution is 0.805. The molecule has 0 fully saturated rings. The van der Waals surface area contributed by atoms with Crippen LogP contribution in [0.2, 0.25) is 0 Å². The van der Waals surface area contributed by atoms with Crippen molar-refractivity contribution >= 4 is 0 Å². The molecule has 8 aromatic carbocycles. The van der Waals surface area contributed by atoms with Crippen LogP contribution in [-0.4, -0.2) is 0 Å². The van der Waals surface area contributed by atoms with E-state index < -0.39 is 0 Å². The van der Waals surface area contributed by atoms with Crippen LogP contribution in [0.15, 0.2) is 206 Å². The summed E-state index contributed by atoms with van der Waals surface area (Å²) in [4.78, 5) is 0. The molecule has 0 N–H and O–H groups in total. The Morgan fingerprint density at radius 2 is 0.654 bits per heavy atom. The van der Waals surface area contributed by atoms with Crippen LogP contribution < -0.4 is 0 Å². The summed E-state index contributed by atoms with van der Waals surface area (Å²) in [6, 6.07) is 75.9. The van der Waals surface area contributed by atoms with E-state index >= 15 is 0 Å². The second-order valence-electron chi connectivity index (χ2n) is 14.1. The zero-order chi connectivity index (χ0) is 34.7. The summed E-state index contributed by atoms with van der Waals surface area (Å²) in [5.74, 6) is 0.639. The van der Waals surface area contributed by atoms with Crippen molar-refractivity contribution in [2.24, 2.45) is 0 Å². The van der Waals surface area contributed by atoms with Crippen LogP contribution in [0.1, 0.15) is 45.2 Å². The second-order valence-corrected chi connectivity index (χ2v) is 14.1. The van der Waals surface area contributed by atoms with Crippen LogP contribution in [0.25, 0.3) is 44.5 Å². The maximum atomic E-state index is 2.32. The first kappa shape index (κ1) is 31.7. The molecule has 0 aliphatic heterocycles. The van der Waals surface area contributed by atoms with Gasteiger partial charge < -0.3 is 0 Å². The second kappa shape index (κ2) is 14.2. The molecule has 0 heterocycles. The number of fused-ring (bicyclic) bond motifs is 3. The zero-order valence-corrected chi connectivity index (χ0v) is 29.2. The van der Waals surface area contributed by atoms with E-state index in [1.54, 1.807) is 0 Å². The highest BCUT2D eigenvalue weighted by Gasteiger charge is 2.28. The summed E-state index contributed by atoms with van der Waals surface area (Å²) in [7, 11) is 0. The molecular weight excluding hydrogens is 625 g/mol. The van der Waals surface area contributed by atoms with Crippen molar-refractivity contribution in [1.29, 1.82) is 0 Å². The SMILES string of the molecule is c1ccc(-c2ccc(C(Cc3ccc(-c4ccc(CC5c6ccccc6-c6ccccc65)cc4)cc3)c3ccc(-c4ccccc4)cc3)cc2)cc1. The van der Waals surface area contributed by atoms with Crippen LogP contribution in [0.5, 0.6) is 0 Å². The average molecular weight is 665 g/mol. The van der Waals surface area contributed by atoms with Gasteiger partial charge in [-0.1, -0.05) is 206 Å². The van der Waals surface area contributed by atoms with Crippen LogP contribution in [-0.2, 0) is 12.8 Å². The normalized spacial score (nSPS) is 12.1. The molecule has 0 atom stereocenters. The van der Waals surface area contributed by atoms with Crippen LogP contribution in [0.3, 0.4) is 0 Å². The summed E-state index contributed by atoms with van der Waals surface area (Å²) in [5.41, 5.74) is 18.5. The van der Waals surface area contributed by atoms with Crippen molar-refractivity contribution in [2.75, 3.05) is 0 Å². The molecule has 248 valence electrons. The molecule has 9 rings (SSSR count). The van der Waals surface area contributed by atoms with E-state index in [1.807, 2.05) is 0 Å². The van der Waals surface area contributed by atoms with Crippen molar-refractivity contribution in [2.45, 2.75) is 24.7 Å². The molecule has 0 bridgehead atoms. The molecule has 0 unspecified atom stereocenters. The van der Waals surface area contributed by atoms with E-state index in [9.17, 15) is 0 Å². The standard InChI is InChI=1S/C52H40/c1-3-11-39(12-4-1)43-27-31-45(32-28-43)51(46-33-29-44(30-34-46)40-13-5-2-6-14-40)35-37-19-23-41(24-20-37)42-25-21-38(22-26-42)36-52-49-17-9-7-15-47(49)48-16-8-10-18-50(48)52/h1-34,51-52H,35-36H2. The molecule has 0 nitrogen and oxygen atoms in total. The number of rotatable bonds is 9. The Labute approximate surface area is 307 Å². The van der Waals surface area contributed by atoms with Crippen LogP contribution in [0, 0.1) is 0 Å². The van der Waals surface area contributed by atoms with Crippen molar-refractivity contribution in [1.82, 2.24) is 0 Å². The first-order chi connectivity index (χ1) is 25.8. The quantitative estimate of drug-likeness (QED) is 0.144. The lowest BCUT2D eigenvalue weighted by atomic mass is 9.84. The topological polar surface area (TPSA) is 0 Å². The molecule has 1 aliphatic carbocycles. The van der Waals surface area contributed by atoms with E-state index in [0.717, 1.165) is 12.8 Å². The number of hydrogen-bond donors (Lipinski definition) is 0. The molecule has 8 aromatic rings. The highest BCUT2D eigenvalue weighted by molar-refractivity contribution is 5.79. The number of hydrogen-bond acceptors (Lipinski definition) is 0. The van der Waals surface area contributed by atoms with E-state index in [4.69, 9.17) is 0 Å². The fourth-order valence-corrected chi connectivity index (χ4v) is 8.12. The van der Waals surface area contributed by atoms with Gasteiger partial charge in [0.1, 0.15) is 0 Å². The Kier molecular flexibility index (Phi) is 8.65. The van der Waals surface area contributed by atoms with Gasteiger partial charge in [-0.25, -0.2) is 0 Å². The van der Waals surface area contributed by atoms with Gasteiger partial charge in [-0.2, -0.15) is 0 Å². The van der Waals surface area contributed by atoms with Gasteiger partial charge in [-0.05, 0) is 90.7 Å². The molecule has 0 spiro atoms. The highest BCUT2D eigenvalue weighted by atomic mass is 14.3. The fraction of sp³-hybridized carbons (Fsp3) is 0.0769. The third-order valence-electron chi connectivity index (χ3n) is 10.9. The van der Waals surface area contributed by atoms with Crippen molar-refractivity contribution in [3.8, 4) is 44.5 Å². The molecule has 0 amide bonds. The molecule has 0 radical (unpaired) electrons. The first-order valence-corrected chi connectivity index (χ1v) is 18.4. The molecule has 0 heteroatoms. The van der Waals surface area contributed by atoms with Crippen molar-refractivity contribution in [3.05, 3.63) is 240 Å². The molecule has 52 heavy (non-hydrogen) atoms. The Morgan fingerprint density at radius 3 is 1.10 bits per heavy atom. The van der Waals surface area contributed by atoms with Gasteiger partial charge in [-0.15, -0.1) is 0 Å². The largest absolute Gasteiger partial charge is 0.0622 e. The lowest BCUT2D eigenvalue weighted by Gasteiger charge is -2.20. The van der Waals surface area contributed by atoms with Crippen molar-refractivity contribution < 1.29 is 0 Å². The summed E-state index contributed by atoms with van der Waals surface area (Å²) >= 11 is 0. The number of benzene rings is 8. The molecular formula is C52H40. The van der Waals surface area contributed by atoms with E-state index in [-0.39, 0.29) is 5.92 Å². The minimum atomic E-state index is 0.241. The van der Waals surface area contributed by atoms with Gasteiger partial charge in [-0.3, -0.25) is 0 Å². The van der Waals surface area contributed by atoms with Gasteiger partial charge in [0, 0.05) is 11.8 Å².